The molecule has 0 saturated carbocycles. The van der Waals surface area contributed by atoms with E-state index in [2.05, 4.69) is 24.4 Å². The maximum Gasteiger partial charge on any atom is 0.131 e. The topological polar surface area (TPSA) is 21.3 Å². The number of rotatable bonds is 6. The van der Waals surface area contributed by atoms with Crippen LogP contribution in [0.15, 0.2) is 48.5 Å². The minimum Gasteiger partial charge on any atom is -0.496 e. The van der Waals surface area contributed by atoms with Crippen LogP contribution in [0.5, 0.6) is 5.75 Å². The molecule has 0 fully saturated rings. The standard InChI is InChI=1S/C18H22FNO/c1-13(15-8-5-4-6-9-15)12-20-14(2)18-16(19)10-7-11-17(18)21-3/h4-11,13-14,20H,12H2,1-3H3. The number of hydrogen-bond donors (Lipinski definition) is 1. The molecule has 2 unspecified atom stereocenters. The summed E-state index contributed by atoms with van der Waals surface area (Å²) in [6.07, 6.45) is 0. The van der Waals surface area contributed by atoms with Gasteiger partial charge in [-0.2, -0.15) is 0 Å². The third-order valence-corrected chi connectivity index (χ3v) is 3.76. The van der Waals surface area contributed by atoms with E-state index >= 15 is 0 Å². The molecule has 0 aliphatic rings. The summed E-state index contributed by atoms with van der Waals surface area (Å²) >= 11 is 0. The molecule has 0 saturated heterocycles. The fourth-order valence-electron chi connectivity index (χ4n) is 2.47. The van der Waals surface area contributed by atoms with Crippen molar-refractivity contribution in [3.05, 3.63) is 65.5 Å². The predicted molar refractivity (Wildman–Crippen MR) is 84.2 cm³/mol. The fraction of sp³-hybridized carbons (Fsp3) is 0.333. The summed E-state index contributed by atoms with van der Waals surface area (Å²) < 4.78 is 19.3. The van der Waals surface area contributed by atoms with Crippen LogP contribution in [0.4, 0.5) is 4.39 Å². The minimum atomic E-state index is -0.235. The Morgan fingerprint density at radius 1 is 1.05 bits per heavy atom. The number of nitrogens with one attached hydrogen (secondary N) is 1. The summed E-state index contributed by atoms with van der Waals surface area (Å²) in [5, 5.41) is 3.39. The Kier molecular flexibility index (Phi) is 5.34. The number of benzene rings is 2. The lowest BCUT2D eigenvalue weighted by molar-refractivity contribution is 0.392. The van der Waals surface area contributed by atoms with E-state index in [1.165, 1.54) is 11.6 Å². The van der Waals surface area contributed by atoms with Crippen LogP contribution in [-0.4, -0.2) is 13.7 Å². The molecule has 0 radical (unpaired) electrons. The highest BCUT2D eigenvalue weighted by molar-refractivity contribution is 5.37. The monoisotopic (exact) mass is 287 g/mol. The Hall–Kier alpha value is -1.87. The van der Waals surface area contributed by atoms with Crippen LogP contribution < -0.4 is 10.1 Å². The first kappa shape index (κ1) is 15.5. The Balaban J connectivity index is 2.04. The van der Waals surface area contributed by atoms with E-state index in [0.717, 1.165) is 6.54 Å². The third-order valence-electron chi connectivity index (χ3n) is 3.76. The molecule has 0 aliphatic carbocycles. The molecule has 0 bridgehead atoms. The van der Waals surface area contributed by atoms with Gasteiger partial charge >= 0.3 is 0 Å². The number of hydrogen-bond acceptors (Lipinski definition) is 2. The molecule has 0 spiro atoms. The summed E-state index contributed by atoms with van der Waals surface area (Å²) in [5.74, 6) is 0.718. The van der Waals surface area contributed by atoms with Crippen molar-refractivity contribution in [3.8, 4) is 5.75 Å². The lowest BCUT2D eigenvalue weighted by atomic mass is 10.00. The van der Waals surface area contributed by atoms with Crippen molar-refractivity contribution < 1.29 is 9.13 Å². The normalized spacial score (nSPS) is 13.7. The van der Waals surface area contributed by atoms with Gasteiger partial charge in [0.1, 0.15) is 11.6 Å². The van der Waals surface area contributed by atoms with Crippen LogP contribution >= 0.6 is 0 Å². The lowest BCUT2D eigenvalue weighted by Gasteiger charge is -2.20. The summed E-state index contributed by atoms with van der Waals surface area (Å²) in [5.41, 5.74) is 1.86. The number of methoxy groups -OCH3 is 1. The Labute approximate surface area is 126 Å². The van der Waals surface area contributed by atoms with Gasteiger partial charge in [-0.15, -0.1) is 0 Å². The summed E-state index contributed by atoms with van der Waals surface area (Å²) in [6.45, 7) is 4.90. The largest absolute Gasteiger partial charge is 0.496 e. The second-order valence-electron chi connectivity index (χ2n) is 5.30. The van der Waals surface area contributed by atoms with E-state index in [1.807, 2.05) is 25.1 Å². The van der Waals surface area contributed by atoms with Gasteiger partial charge in [0, 0.05) is 18.2 Å². The Bertz CT molecular complexity index is 571. The highest BCUT2D eigenvalue weighted by atomic mass is 19.1. The predicted octanol–water partition coefficient (Wildman–Crippen LogP) is 4.29. The van der Waals surface area contributed by atoms with Crippen molar-refractivity contribution in [3.63, 3.8) is 0 Å². The second-order valence-corrected chi connectivity index (χ2v) is 5.30. The first-order valence-corrected chi connectivity index (χ1v) is 7.24. The van der Waals surface area contributed by atoms with E-state index in [0.29, 0.717) is 17.2 Å². The van der Waals surface area contributed by atoms with Crippen molar-refractivity contribution in [1.29, 1.82) is 0 Å². The molecule has 0 amide bonds. The van der Waals surface area contributed by atoms with Gasteiger partial charge in [0.2, 0.25) is 0 Å². The average Bonchev–Trinajstić information content (AvgIpc) is 2.52. The second kappa shape index (κ2) is 7.23. The molecule has 2 rings (SSSR count). The lowest BCUT2D eigenvalue weighted by Crippen LogP contribution is -2.24. The summed E-state index contributed by atoms with van der Waals surface area (Å²) in [7, 11) is 1.57. The zero-order chi connectivity index (χ0) is 15.2. The van der Waals surface area contributed by atoms with Crippen molar-refractivity contribution in [1.82, 2.24) is 5.32 Å². The molecule has 112 valence electrons. The van der Waals surface area contributed by atoms with Gasteiger partial charge in [0.15, 0.2) is 0 Å². The zero-order valence-corrected chi connectivity index (χ0v) is 12.8. The molecule has 0 aromatic heterocycles. The van der Waals surface area contributed by atoms with E-state index in [-0.39, 0.29) is 11.9 Å². The molecular weight excluding hydrogens is 265 g/mol. The smallest absolute Gasteiger partial charge is 0.131 e. The Morgan fingerprint density at radius 2 is 1.76 bits per heavy atom. The van der Waals surface area contributed by atoms with E-state index in [4.69, 9.17) is 4.74 Å². The molecule has 21 heavy (non-hydrogen) atoms. The van der Waals surface area contributed by atoms with Gasteiger partial charge in [-0.3, -0.25) is 0 Å². The van der Waals surface area contributed by atoms with Gasteiger partial charge in [-0.25, -0.2) is 4.39 Å². The van der Waals surface area contributed by atoms with Crippen molar-refractivity contribution >= 4 is 0 Å². The molecule has 2 atom stereocenters. The van der Waals surface area contributed by atoms with Gasteiger partial charge < -0.3 is 10.1 Å². The minimum absolute atomic E-state index is 0.104. The molecule has 0 aliphatic heterocycles. The molecule has 1 N–H and O–H groups in total. The van der Waals surface area contributed by atoms with Crippen LogP contribution in [0.1, 0.15) is 36.9 Å². The molecule has 2 aromatic rings. The summed E-state index contributed by atoms with van der Waals surface area (Å²) in [6, 6.07) is 15.1. The molecule has 0 heterocycles. The van der Waals surface area contributed by atoms with Crippen LogP contribution in [0, 0.1) is 5.82 Å². The number of ether oxygens (including phenoxy) is 1. The van der Waals surface area contributed by atoms with Crippen LogP contribution in [0.25, 0.3) is 0 Å². The maximum absolute atomic E-state index is 14.0. The van der Waals surface area contributed by atoms with Crippen molar-refractivity contribution in [2.24, 2.45) is 0 Å². The van der Waals surface area contributed by atoms with Gasteiger partial charge in [0.25, 0.3) is 0 Å². The maximum atomic E-state index is 14.0. The van der Waals surface area contributed by atoms with Gasteiger partial charge in [-0.05, 0) is 30.5 Å². The van der Waals surface area contributed by atoms with Gasteiger partial charge in [-0.1, -0.05) is 43.3 Å². The third kappa shape index (κ3) is 3.82. The van der Waals surface area contributed by atoms with Crippen LogP contribution in [-0.2, 0) is 0 Å². The molecular formula is C18H22FNO. The first-order valence-electron chi connectivity index (χ1n) is 7.24. The van der Waals surface area contributed by atoms with Crippen molar-refractivity contribution in [2.75, 3.05) is 13.7 Å². The van der Waals surface area contributed by atoms with Gasteiger partial charge in [0.05, 0.1) is 7.11 Å². The highest BCUT2D eigenvalue weighted by Crippen LogP contribution is 2.28. The van der Waals surface area contributed by atoms with E-state index < -0.39 is 0 Å². The first-order chi connectivity index (χ1) is 10.1. The Morgan fingerprint density at radius 3 is 2.43 bits per heavy atom. The van der Waals surface area contributed by atoms with Crippen LogP contribution in [0.2, 0.25) is 0 Å². The van der Waals surface area contributed by atoms with Crippen LogP contribution in [0.3, 0.4) is 0 Å². The molecule has 3 heteroatoms. The fourth-order valence-corrected chi connectivity index (χ4v) is 2.47. The number of halogens is 1. The SMILES string of the molecule is COc1cccc(F)c1C(C)NCC(C)c1ccccc1. The van der Waals surface area contributed by atoms with E-state index in [1.54, 1.807) is 19.2 Å². The summed E-state index contributed by atoms with van der Waals surface area (Å²) in [4.78, 5) is 0. The quantitative estimate of drug-likeness (QED) is 0.856. The van der Waals surface area contributed by atoms with Crippen molar-refractivity contribution in [2.45, 2.75) is 25.8 Å². The highest BCUT2D eigenvalue weighted by Gasteiger charge is 2.17. The average molecular weight is 287 g/mol. The molecule has 2 aromatic carbocycles. The molecule has 2 nitrogen and oxygen atoms in total. The zero-order valence-electron chi connectivity index (χ0n) is 12.8. The van der Waals surface area contributed by atoms with E-state index in [9.17, 15) is 4.39 Å².